The number of hydrogen-bond acceptors (Lipinski definition) is 4. The highest BCUT2D eigenvalue weighted by atomic mass is 16.6. The van der Waals surface area contributed by atoms with E-state index in [4.69, 9.17) is 9.84 Å². The lowest BCUT2D eigenvalue weighted by Crippen LogP contribution is -2.44. The molecule has 1 aliphatic rings. The van der Waals surface area contributed by atoms with Gasteiger partial charge in [-0.05, 0) is 20.8 Å². The van der Waals surface area contributed by atoms with Crippen LogP contribution >= 0.6 is 0 Å². The standard InChI is InChI=1S/C12H20N2O5/c1-7(15)13-8-5-9(10(16)17)14(6-8)11(18)19-12(2,3)4/h8-9H,5-6H2,1-4H3,(H,13,15)(H,16,17)/t8-,9-/m1/s1. The van der Waals surface area contributed by atoms with E-state index < -0.39 is 23.7 Å². The van der Waals surface area contributed by atoms with Crippen molar-refractivity contribution in [1.82, 2.24) is 10.2 Å². The molecule has 2 N–H and O–H groups in total. The minimum atomic E-state index is -1.10. The Bertz CT molecular complexity index is 388. The first-order valence-corrected chi connectivity index (χ1v) is 6.09. The monoisotopic (exact) mass is 272 g/mol. The van der Waals surface area contributed by atoms with Gasteiger partial charge in [-0.2, -0.15) is 0 Å². The predicted molar refractivity (Wildman–Crippen MR) is 66.6 cm³/mol. The van der Waals surface area contributed by atoms with Crippen molar-refractivity contribution >= 4 is 18.0 Å². The Morgan fingerprint density at radius 3 is 2.32 bits per heavy atom. The number of likely N-dealkylation sites (tertiary alicyclic amines) is 1. The highest BCUT2D eigenvalue weighted by molar-refractivity contribution is 5.81. The molecule has 7 heteroatoms. The summed E-state index contributed by atoms with van der Waals surface area (Å²) in [5.74, 6) is -1.35. The van der Waals surface area contributed by atoms with Crippen LogP contribution in [0, 0.1) is 0 Å². The molecule has 0 aromatic carbocycles. The number of rotatable bonds is 2. The van der Waals surface area contributed by atoms with E-state index in [0.717, 1.165) is 4.90 Å². The van der Waals surface area contributed by atoms with Crippen molar-refractivity contribution in [2.45, 2.75) is 51.8 Å². The van der Waals surface area contributed by atoms with Gasteiger partial charge in [0.1, 0.15) is 11.6 Å². The second-order valence-corrected chi connectivity index (χ2v) is 5.62. The molecule has 1 rings (SSSR count). The molecule has 19 heavy (non-hydrogen) atoms. The number of aliphatic carboxylic acids is 1. The van der Waals surface area contributed by atoms with Crippen LogP contribution in [0.3, 0.4) is 0 Å². The number of carboxylic acids is 1. The molecule has 0 saturated carbocycles. The molecular weight excluding hydrogens is 252 g/mol. The molecule has 7 nitrogen and oxygen atoms in total. The van der Waals surface area contributed by atoms with Crippen LogP contribution in [0.4, 0.5) is 4.79 Å². The van der Waals surface area contributed by atoms with Gasteiger partial charge in [0.2, 0.25) is 5.91 Å². The first-order chi connectivity index (χ1) is 8.60. The van der Waals surface area contributed by atoms with Gasteiger partial charge in [0.15, 0.2) is 0 Å². The molecule has 0 aromatic heterocycles. The van der Waals surface area contributed by atoms with Crippen molar-refractivity contribution in [2.24, 2.45) is 0 Å². The van der Waals surface area contributed by atoms with Crippen LogP contribution in [-0.2, 0) is 14.3 Å². The summed E-state index contributed by atoms with van der Waals surface area (Å²) in [6.07, 6.45) is -0.485. The Morgan fingerprint density at radius 2 is 1.89 bits per heavy atom. The van der Waals surface area contributed by atoms with Crippen molar-refractivity contribution in [1.29, 1.82) is 0 Å². The number of carboxylic acid groups (broad SMARTS) is 1. The van der Waals surface area contributed by atoms with Crippen molar-refractivity contribution in [2.75, 3.05) is 6.54 Å². The fourth-order valence-electron chi connectivity index (χ4n) is 1.98. The van der Waals surface area contributed by atoms with Gasteiger partial charge >= 0.3 is 12.1 Å². The molecule has 0 spiro atoms. The van der Waals surface area contributed by atoms with Gasteiger partial charge in [-0.25, -0.2) is 9.59 Å². The van der Waals surface area contributed by atoms with Crippen LogP contribution in [0.2, 0.25) is 0 Å². The fourth-order valence-corrected chi connectivity index (χ4v) is 1.98. The highest BCUT2D eigenvalue weighted by Gasteiger charge is 2.41. The number of nitrogens with one attached hydrogen (secondary N) is 1. The summed E-state index contributed by atoms with van der Waals surface area (Å²) in [6, 6.07) is -1.32. The molecule has 1 fully saturated rings. The summed E-state index contributed by atoms with van der Waals surface area (Å²) in [5, 5.41) is 11.7. The first-order valence-electron chi connectivity index (χ1n) is 6.09. The summed E-state index contributed by atoms with van der Waals surface area (Å²) in [7, 11) is 0. The smallest absolute Gasteiger partial charge is 0.411 e. The lowest BCUT2D eigenvalue weighted by Gasteiger charge is -2.26. The van der Waals surface area contributed by atoms with E-state index in [0.29, 0.717) is 0 Å². The summed E-state index contributed by atoms with van der Waals surface area (Å²) < 4.78 is 5.17. The second kappa shape index (κ2) is 5.46. The minimum absolute atomic E-state index is 0.144. The largest absolute Gasteiger partial charge is 0.480 e. The van der Waals surface area contributed by atoms with E-state index >= 15 is 0 Å². The Morgan fingerprint density at radius 1 is 1.32 bits per heavy atom. The average molecular weight is 272 g/mol. The maximum atomic E-state index is 11.9. The molecule has 0 unspecified atom stereocenters. The minimum Gasteiger partial charge on any atom is -0.480 e. The number of hydrogen-bond donors (Lipinski definition) is 2. The van der Waals surface area contributed by atoms with Crippen molar-refractivity contribution in [3.8, 4) is 0 Å². The number of carbonyl (C=O) groups is 3. The normalized spacial score (nSPS) is 23.1. The summed E-state index contributed by atoms with van der Waals surface area (Å²) in [5.41, 5.74) is -0.688. The Balaban J connectivity index is 2.76. The SMILES string of the molecule is CC(=O)N[C@@H]1C[C@H](C(=O)O)N(C(=O)OC(C)(C)C)C1. The van der Waals surface area contributed by atoms with E-state index in [-0.39, 0.29) is 24.9 Å². The predicted octanol–water partition coefficient (Wildman–Crippen LogP) is 0.585. The lowest BCUT2D eigenvalue weighted by molar-refractivity contribution is -0.142. The van der Waals surface area contributed by atoms with E-state index in [1.807, 2.05) is 0 Å². The molecule has 1 heterocycles. The summed E-state index contributed by atoms with van der Waals surface area (Å²) in [4.78, 5) is 35.2. The molecule has 0 bridgehead atoms. The average Bonchev–Trinajstić information content (AvgIpc) is 2.57. The zero-order valence-electron chi connectivity index (χ0n) is 11.6. The molecule has 0 radical (unpaired) electrons. The van der Waals surface area contributed by atoms with Gasteiger partial charge in [-0.15, -0.1) is 0 Å². The summed E-state index contributed by atoms with van der Waals surface area (Å²) >= 11 is 0. The van der Waals surface area contributed by atoms with E-state index in [2.05, 4.69) is 5.32 Å². The molecular formula is C12H20N2O5. The molecule has 1 aliphatic heterocycles. The van der Waals surface area contributed by atoms with Gasteiger partial charge in [-0.1, -0.05) is 0 Å². The molecule has 0 aromatic rings. The van der Waals surface area contributed by atoms with E-state index in [1.54, 1.807) is 20.8 Å². The Kier molecular flexibility index (Phi) is 4.39. The topological polar surface area (TPSA) is 95.9 Å². The first kappa shape index (κ1) is 15.3. The Hall–Kier alpha value is -1.79. The maximum absolute atomic E-state index is 11.9. The van der Waals surface area contributed by atoms with Crippen molar-refractivity contribution in [3.05, 3.63) is 0 Å². The molecule has 2 atom stereocenters. The number of amides is 2. The van der Waals surface area contributed by atoms with Gasteiger partial charge in [0.25, 0.3) is 0 Å². The third kappa shape index (κ3) is 4.42. The van der Waals surface area contributed by atoms with E-state index in [9.17, 15) is 14.4 Å². The van der Waals surface area contributed by atoms with Gasteiger partial charge in [0.05, 0.1) is 0 Å². The van der Waals surface area contributed by atoms with Gasteiger partial charge in [-0.3, -0.25) is 9.69 Å². The van der Waals surface area contributed by atoms with Crippen LogP contribution in [0.25, 0.3) is 0 Å². The zero-order valence-corrected chi connectivity index (χ0v) is 11.6. The number of nitrogens with zero attached hydrogens (tertiary/aromatic N) is 1. The maximum Gasteiger partial charge on any atom is 0.411 e. The van der Waals surface area contributed by atoms with Crippen molar-refractivity contribution < 1.29 is 24.2 Å². The molecule has 1 saturated heterocycles. The zero-order chi connectivity index (χ0) is 14.8. The fraction of sp³-hybridized carbons (Fsp3) is 0.750. The van der Waals surface area contributed by atoms with Crippen LogP contribution in [0.5, 0.6) is 0 Å². The third-order valence-electron chi connectivity index (χ3n) is 2.62. The third-order valence-corrected chi connectivity index (χ3v) is 2.62. The van der Waals surface area contributed by atoms with Crippen molar-refractivity contribution in [3.63, 3.8) is 0 Å². The molecule has 2 amide bonds. The van der Waals surface area contributed by atoms with Crippen LogP contribution in [0.15, 0.2) is 0 Å². The quantitative estimate of drug-likeness (QED) is 0.766. The summed E-state index contributed by atoms with van der Waals surface area (Å²) in [6.45, 7) is 6.63. The van der Waals surface area contributed by atoms with Gasteiger partial charge in [0, 0.05) is 25.9 Å². The highest BCUT2D eigenvalue weighted by Crippen LogP contribution is 2.21. The van der Waals surface area contributed by atoms with Gasteiger partial charge < -0.3 is 15.2 Å². The number of ether oxygens (including phenoxy) is 1. The second-order valence-electron chi connectivity index (χ2n) is 5.62. The van der Waals surface area contributed by atoms with Crippen LogP contribution < -0.4 is 5.32 Å². The molecule has 0 aliphatic carbocycles. The molecule has 108 valence electrons. The van der Waals surface area contributed by atoms with Crippen LogP contribution in [-0.4, -0.2) is 52.2 Å². The number of carbonyl (C=O) groups excluding carboxylic acids is 2. The van der Waals surface area contributed by atoms with Crippen LogP contribution in [0.1, 0.15) is 34.1 Å². The lowest BCUT2D eigenvalue weighted by atomic mass is 10.2. The Labute approximate surface area is 111 Å². The van der Waals surface area contributed by atoms with E-state index in [1.165, 1.54) is 6.92 Å².